The van der Waals surface area contributed by atoms with Crippen molar-refractivity contribution in [2.45, 2.75) is 32.6 Å². The van der Waals surface area contributed by atoms with Crippen molar-refractivity contribution in [3.8, 4) is 0 Å². The molecule has 2 rings (SSSR count). The maximum Gasteiger partial charge on any atom is 0.333 e. The van der Waals surface area contributed by atoms with Gasteiger partial charge in [-0.15, -0.1) is 0 Å². The van der Waals surface area contributed by atoms with Crippen molar-refractivity contribution in [2.24, 2.45) is 0 Å². The van der Waals surface area contributed by atoms with Crippen LogP contribution in [0.5, 0.6) is 0 Å². The molecule has 36 heavy (non-hydrogen) atoms. The molecule has 0 amide bonds. The average Bonchev–Trinajstić information content (AvgIpc) is 2.86. The Morgan fingerprint density at radius 1 is 0.806 bits per heavy atom. The van der Waals surface area contributed by atoms with Crippen LogP contribution >= 0.6 is 0 Å². The van der Waals surface area contributed by atoms with Gasteiger partial charge in [0.1, 0.15) is 0 Å². The quantitative estimate of drug-likeness (QED) is 0.249. The van der Waals surface area contributed by atoms with Crippen molar-refractivity contribution in [1.29, 1.82) is 0 Å². The van der Waals surface area contributed by atoms with Gasteiger partial charge in [-0.1, -0.05) is 0 Å². The highest BCUT2D eigenvalue weighted by Crippen LogP contribution is 2.13. The molecule has 0 aliphatic carbocycles. The van der Waals surface area contributed by atoms with Gasteiger partial charge < -0.3 is 29.5 Å². The Hall–Kier alpha value is -2.80. The van der Waals surface area contributed by atoms with Crippen molar-refractivity contribution in [2.75, 3.05) is 72.8 Å². The molecule has 204 valence electrons. The number of carbonyl (C=O) groups excluding carboxylic acids is 1. The number of ether oxygens (including phenoxy) is 3. The number of nitrogens with zero attached hydrogens (tertiary/aromatic N) is 2. The third-order valence-corrected chi connectivity index (χ3v) is 5.81. The molecule has 2 fully saturated rings. The van der Waals surface area contributed by atoms with E-state index in [9.17, 15) is 19.2 Å². The van der Waals surface area contributed by atoms with Gasteiger partial charge in [0.15, 0.2) is 0 Å². The first kappa shape index (κ1) is 31.2. The normalized spacial score (nSPS) is 17.9. The second-order valence-corrected chi connectivity index (χ2v) is 8.33. The molecule has 0 aromatic carbocycles. The van der Waals surface area contributed by atoms with Gasteiger partial charge in [0.25, 0.3) is 0 Å². The molecule has 2 saturated heterocycles. The highest BCUT2D eigenvalue weighted by molar-refractivity contribution is 5.98. The fourth-order valence-corrected chi connectivity index (χ4v) is 3.72. The molecule has 12 heteroatoms. The molecule has 0 saturated carbocycles. The molecule has 2 heterocycles. The van der Waals surface area contributed by atoms with E-state index in [1.807, 2.05) is 0 Å². The van der Waals surface area contributed by atoms with Crippen LogP contribution in [0.2, 0.25) is 0 Å². The Morgan fingerprint density at radius 2 is 1.28 bits per heavy atom. The summed E-state index contributed by atoms with van der Waals surface area (Å²) in [5.41, 5.74) is 0.124. The van der Waals surface area contributed by atoms with Crippen molar-refractivity contribution < 1.29 is 48.7 Å². The van der Waals surface area contributed by atoms with Gasteiger partial charge in [-0.05, 0) is 45.7 Å². The largest absolute Gasteiger partial charge is 0.478 e. The van der Waals surface area contributed by atoms with Crippen LogP contribution < -0.4 is 0 Å². The highest BCUT2D eigenvalue weighted by atomic mass is 16.5. The van der Waals surface area contributed by atoms with E-state index in [-0.39, 0.29) is 23.1 Å². The summed E-state index contributed by atoms with van der Waals surface area (Å²) >= 11 is 0. The number of aliphatic carboxylic acids is 3. The fraction of sp³-hybridized carbons (Fsp3) is 0.667. The lowest BCUT2D eigenvalue weighted by atomic mass is 10.0. The molecule has 2 aliphatic heterocycles. The minimum Gasteiger partial charge on any atom is -0.478 e. The monoisotopic (exact) mass is 514 g/mol. The number of hydrogen-bond donors (Lipinski definition) is 3. The van der Waals surface area contributed by atoms with Gasteiger partial charge in [0.2, 0.25) is 0 Å². The molecular formula is C24H38N2O10. The third-order valence-electron chi connectivity index (χ3n) is 5.81. The Bertz CT molecular complexity index is 797. The maximum absolute atomic E-state index is 11.3. The lowest BCUT2D eigenvalue weighted by molar-refractivity contribution is -0.137. The zero-order chi connectivity index (χ0) is 26.9. The number of carbonyl (C=O) groups is 4. The van der Waals surface area contributed by atoms with Crippen LogP contribution in [0.25, 0.3) is 0 Å². The topological polar surface area (TPSA) is 163 Å². The number of morpholine rings is 2. The van der Waals surface area contributed by atoms with E-state index in [2.05, 4.69) is 14.5 Å². The van der Waals surface area contributed by atoms with Crippen LogP contribution in [0.3, 0.4) is 0 Å². The predicted molar refractivity (Wildman–Crippen MR) is 129 cm³/mol. The summed E-state index contributed by atoms with van der Waals surface area (Å²) in [6.07, 6.45) is 2.99. The molecule has 0 spiro atoms. The molecule has 3 N–H and O–H groups in total. The van der Waals surface area contributed by atoms with Gasteiger partial charge in [0, 0.05) is 49.0 Å². The highest BCUT2D eigenvalue weighted by Gasteiger charge is 2.17. The van der Waals surface area contributed by atoms with Crippen LogP contribution in [-0.4, -0.2) is 122 Å². The molecule has 0 radical (unpaired) electrons. The maximum atomic E-state index is 11.3. The van der Waals surface area contributed by atoms with Crippen LogP contribution in [-0.2, 0) is 33.4 Å². The Morgan fingerprint density at radius 3 is 1.67 bits per heavy atom. The summed E-state index contributed by atoms with van der Waals surface area (Å²) in [4.78, 5) is 48.1. The lowest BCUT2D eigenvalue weighted by Gasteiger charge is -2.26. The van der Waals surface area contributed by atoms with Crippen LogP contribution in [0.15, 0.2) is 22.8 Å². The molecule has 2 aliphatic rings. The Labute approximate surface area is 211 Å². The summed E-state index contributed by atoms with van der Waals surface area (Å²) in [5, 5.41) is 26.4. The van der Waals surface area contributed by atoms with E-state index in [0.29, 0.717) is 26.1 Å². The second kappa shape index (κ2) is 17.6. The Kier molecular flexibility index (Phi) is 15.3. The number of methoxy groups -OCH3 is 1. The summed E-state index contributed by atoms with van der Waals surface area (Å²) in [7, 11) is 1.25. The summed E-state index contributed by atoms with van der Waals surface area (Å²) in [6.45, 7) is 9.28. The minimum atomic E-state index is -1.17. The third kappa shape index (κ3) is 12.8. The SMILES string of the molecule is C/C(C(=O)O)=C(/CCCN1CCOCC1)C(=O)O.COC(=O)/C(=C/C(=O)O)CCCN1CCOCC1. The van der Waals surface area contributed by atoms with E-state index >= 15 is 0 Å². The van der Waals surface area contributed by atoms with Crippen molar-refractivity contribution in [3.05, 3.63) is 22.8 Å². The lowest BCUT2D eigenvalue weighted by Crippen LogP contribution is -2.36. The smallest absolute Gasteiger partial charge is 0.333 e. The number of hydrogen-bond acceptors (Lipinski definition) is 9. The summed E-state index contributed by atoms with van der Waals surface area (Å²) < 4.78 is 15.0. The number of rotatable bonds is 12. The van der Waals surface area contributed by atoms with Crippen LogP contribution in [0.4, 0.5) is 0 Å². The van der Waals surface area contributed by atoms with Crippen LogP contribution in [0.1, 0.15) is 32.6 Å². The zero-order valence-electron chi connectivity index (χ0n) is 21.1. The van der Waals surface area contributed by atoms with E-state index in [1.165, 1.54) is 14.0 Å². The molecule has 0 aromatic rings. The predicted octanol–water partition coefficient (Wildman–Crippen LogP) is 0.867. The first-order valence-corrected chi connectivity index (χ1v) is 11.9. The standard InChI is InChI=1S/2C12H19NO5/c1-17-12(16)10(9-11(14)15)3-2-4-13-5-7-18-8-6-13;1-9(11(14)15)10(12(16)17)3-2-4-13-5-7-18-8-6-13/h9H,2-8H2,1H3,(H,14,15);2-8H2,1H3,(H,14,15)(H,16,17)/b2*10-9+. The number of carboxylic acids is 3. The molecular weight excluding hydrogens is 476 g/mol. The van der Waals surface area contributed by atoms with Gasteiger partial charge in [0.05, 0.1) is 33.5 Å². The van der Waals surface area contributed by atoms with E-state index < -0.39 is 23.9 Å². The van der Waals surface area contributed by atoms with Gasteiger partial charge in [-0.25, -0.2) is 19.2 Å². The van der Waals surface area contributed by atoms with Gasteiger partial charge in [-0.3, -0.25) is 9.80 Å². The zero-order valence-corrected chi connectivity index (χ0v) is 21.1. The molecule has 0 aromatic heterocycles. The van der Waals surface area contributed by atoms with E-state index in [4.69, 9.17) is 24.8 Å². The second-order valence-electron chi connectivity index (χ2n) is 8.33. The Balaban J connectivity index is 0.000000360. The average molecular weight is 515 g/mol. The van der Waals surface area contributed by atoms with Crippen molar-refractivity contribution in [1.82, 2.24) is 9.80 Å². The molecule has 0 bridgehead atoms. The van der Waals surface area contributed by atoms with Crippen molar-refractivity contribution in [3.63, 3.8) is 0 Å². The fourth-order valence-electron chi connectivity index (χ4n) is 3.72. The molecule has 0 unspecified atom stereocenters. The van der Waals surface area contributed by atoms with Gasteiger partial charge in [-0.2, -0.15) is 0 Å². The molecule has 12 nitrogen and oxygen atoms in total. The summed E-state index contributed by atoms with van der Waals surface area (Å²) in [6, 6.07) is 0. The first-order chi connectivity index (χ1) is 17.1. The summed E-state index contributed by atoms with van der Waals surface area (Å²) in [5.74, 6) is -4.00. The van der Waals surface area contributed by atoms with Gasteiger partial charge >= 0.3 is 23.9 Å². The van der Waals surface area contributed by atoms with E-state index in [0.717, 1.165) is 65.0 Å². The number of carboxylic acid groups (broad SMARTS) is 3. The van der Waals surface area contributed by atoms with Crippen LogP contribution in [0, 0.1) is 0 Å². The molecule has 0 atom stereocenters. The van der Waals surface area contributed by atoms with Crippen molar-refractivity contribution >= 4 is 23.9 Å². The van der Waals surface area contributed by atoms with E-state index in [1.54, 1.807) is 0 Å². The number of esters is 1. The minimum absolute atomic E-state index is 0.00393. The first-order valence-electron chi connectivity index (χ1n) is 11.9.